The molecule has 8 nitrogen and oxygen atoms in total. The summed E-state index contributed by atoms with van der Waals surface area (Å²) in [6.07, 6.45) is 0. The number of benzene rings is 3. The summed E-state index contributed by atoms with van der Waals surface area (Å²) < 4.78 is 5.09. The monoisotopic (exact) mass is 508 g/mol. The number of ketones is 1. The van der Waals surface area contributed by atoms with Crippen molar-refractivity contribution in [3.8, 4) is 0 Å². The zero-order valence-electron chi connectivity index (χ0n) is 20.5. The Morgan fingerprint density at radius 3 is 1.68 bits per heavy atom. The molecule has 1 aliphatic heterocycles. The number of anilines is 1. The third-order valence-electron chi connectivity index (χ3n) is 7.77. The first-order valence-electron chi connectivity index (χ1n) is 12.4. The molecule has 3 aromatic rings. The smallest absolute Gasteiger partial charge is 0.326 e. The Labute approximate surface area is 218 Å². The van der Waals surface area contributed by atoms with Crippen molar-refractivity contribution in [2.24, 2.45) is 11.8 Å². The molecule has 1 saturated heterocycles. The van der Waals surface area contributed by atoms with Crippen molar-refractivity contribution in [1.29, 1.82) is 0 Å². The number of imide groups is 1. The zero-order chi connectivity index (χ0) is 26.6. The van der Waals surface area contributed by atoms with Gasteiger partial charge in [-0.25, -0.2) is 0 Å². The van der Waals surface area contributed by atoms with Crippen LogP contribution < -0.4 is 5.32 Å². The van der Waals surface area contributed by atoms with Gasteiger partial charge in [-0.05, 0) is 53.4 Å². The highest BCUT2D eigenvalue weighted by molar-refractivity contribution is 6.09. The summed E-state index contributed by atoms with van der Waals surface area (Å²) >= 11 is 0. The van der Waals surface area contributed by atoms with E-state index in [1.807, 2.05) is 48.5 Å². The molecule has 0 radical (unpaired) electrons. The van der Waals surface area contributed by atoms with Gasteiger partial charge in [0, 0.05) is 23.1 Å². The van der Waals surface area contributed by atoms with E-state index in [2.05, 4.69) is 5.32 Å². The Balaban J connectivity index is 1.15. The molecule has 0 saturated carbocycles. The minimum absolute atomic E-state index is 0.0941. The summed E-state index contributed by atoms with van der Waals surface area (Å²) in [6, 6.07) is 22.1. The topological polar surface area (TPSA) is 110 Å². The average Bonchev–Trinajstić information content (AvgIpc) is 3.17. The second kappa shape index (κ2) is 9.06. The lowest BCUT2D eigenvalue weighted by atomic mass is 9.55. The molecule has 4 aliphatic rings. The molecule has 1 N–H and O–H groups in total. The molecule has 3 aromatic carbocycles. The highest BCUT2D eigenvalue weighted by Gasteiger charge is 2.61. The van der Waals surface area contributed by atoms with Crippen LogP contribution in [0.1, 0.15) is 51.4 Å². The van der Waals surface area contributed by atoms with Gasteiger partial charge < -0.3 is 10.1 Å². The summed E-state index contributed by atoms with van der Waals surface area (Å²) in [5.41, 5.74) is 5.16. The second-order valence-corrected chi connectivity index (χ2v) is 9.87. The molecule has 0 aromatic heterocycles. The van der Waals surface area contributed by atoms with E-state index < -0.39 is 36.9 Å². The lowest BCUT2D eigenvalue weighted by Crippen LogP contribution is -2.41. The number of hydrogen-bond acceptors (Lipinski definition) is 6. The van der Waals surface area contributed by atoms with E-state index in [9.17, 15) is 24.0 Å². The van der Waals surface area contributed by atoms with E-state index in [1.54, 1.807) is 24.3 Å². The summed E-state index contributed by atoms with van der Waals surface area (Å²) in [6.45, 7) is 0.330. The van der Waals surface area contributed by atoms with Crippen LogP contribution in [0.4, 0.5) is 5.69 Å². The molecule has 8 heteroatoms. The molecule has 3 aliphatic carbocycles. The molecular weight excluding hydrogens is 484 g/mol. The van der Waals surface area contributed by atoms with Crippen molar-refractivity contribution < 1.29 is 28.7 Å². The summed E-state index contributed by atoms with van der Waals surface area (Å²) in [5, 5.41) is 2.58. The molecular formula is C30H24N2O6. The van der Waals surface area contributed by atoms with Crippen LogP contribution in [-0.4, -0.2) is 47.5 Å². The van der Waals surface area contributed by atoms with Gasteiger partial charge >= 0.3 is 5.97 Å². The lowest BCUT2D eigenvalue weighted by Gasteiger charge is -2.45. The average molecular weight is 509 g/mol. The number of esters is 1. The number of likely N-dealkylation sites (tertiary alicyclic amines) is 1. The van der Waals surface area contributed by atoms with Crippen LogP contribution in [-0.2, 0) is 23.9 Å². The molecule has 7 rings (SSSR count). The molecule has 2 atom stereocenters. The van der Waals surface area contributed by atoms with Gasteiger partial charge in [0.1, 0.15) is 6.54 Å². The molecule has 0 spiro atoms. The maximum Gasteiger partial charge on any atom is 0.326 e. The highest BCUT2D eigenvalue weighted by Crippen LogP contribution is 2.60. The molecule has 1 fully saturated rings. The standard InChI is InChI=1S/C30H24N2O6/c1-16(33)17-10-12-18(13-11-17)31-23(34)15-38-24(35)14-32-29(36)27-25-19-6-2-3-7-20(19)26(28(27)30(32)37)22-9-5-4-8-21(22)25/h2-13,25-28H,14-15H2,1H3,(H,31,34)/t25?,26?,27-,28-/m1/s1. The highest BCUT2D eigenvalue weighted by atomic mass is 16.5. The predicted octanol–water partition coefficient (Wildman–Crippen LogP) is 3.26. The Hall–Kier alpha value is -4.59. The fourth-order valence-corrected chi connectivity index (χ4v) is 6.20. The van der Waals surface area contributed by atoms with Gasteiger partial charge in [-0.3, -0.25) is 28.9 Å². The normalized spacial score (nSPS) is 22.4. The van der Waals surface area contributed by atoms with Crippen LogP contribution in [0.3, 0.4) is 0 Å². The quantitative estimate of drug-likeness (QED) is 0.311. The van der Waals surface area contributed by atoms with E-state index in [0.29, 0.717) is 11.3 Å². The molecule has 2 bridgehead atoms. The SMILES string of the molecule is CC(=O)c1ccc(NC(=O)COC(=O)CN2C(=O)[C@@H]3C4c5ccccc5C(c5ccccc54)[C@H]3C2=O)cc1. The van der Waals surface area contributed by atoms with E-state index in [1.165, 1.54) is 6.92 Å². The predicted molar refractivity (Wildman–Crippen MR) is 136 cm³/mol. The number of amides is 3. The molecule has 190 valence electrons. The minimum Gasteiger partial charge on any atom is -0.454 e. The minimum atomic E-state index is -0.838. The zero-order valence-corrected chi connectivity index (χ0v) is 20.5. The fourth-order valence-electron chi connectivity index (χ4n) is 6.20. The van der Waals surface area contributed by atoms with Gasteiger partial charge in [-0.1, -0.05) is 48.5 Å². The van der Waals surface area contributed by atoms with Crippen LogP contribution in [0.2, 0.25) is 0 Å². The van der Waals surface area contributed by atoms with Gasteiger partial charge in [-0.15, -0.1) is 0 Å². The first-order valence-corrected chi connectivity index (χ1v) is 12.4. The molecule has 38 heavy (non-hydrogen) atoms. The number of carbonyl (C=O) groups excluding carboxylic acids is 5. The third kappa shape index (κ3) is 3.72. The first kappa shape index (κ1) is 23.8. The van der Waals surface area contributed by atoms with Crippen LogP contribution in [0.25, 0.3) is 0 Å². The maximum atomic E-state index is 13.5. The number of carbonyl (C=O) groups is 5. The van der Waals surface area contributed by atoms with Gasteiger partial charge in [0.2, 0.25) is 11.8 Å². The van der Waals surface area contributed by atoms with E-state index in [4.69, 9.17) is 4.74 Å². The molecule has 0 unspecified atom stereocenters. The van der Waals surface area contributed by atoms with Crippen molar-refractivity contribution >= 4 is 35.2 Å². The van der Waals surface area contributed by atoms with Crippen molar-refractivity contribution in [2.75, 3.05) is 18.5 Å². The number of Topliss-reactive ketones (excluding diaryl/α,β-unsaturated/α-hetero) is 1. The van der Waals surface area contributed by atoms with Crippen molar-refractivity contribution in [3.05, 3.63) is 101 Å². The van der Waals surface area contributed by atoms with E-state index >= 15 is 0 Å². The number of hydrogen-bond donors (Lipinski definition) is 1. The van der Waals surface area contributed by atoms with Crippen LogP contribution in [0.15, 0.2) is 72.8 Å². The van der Waals surface area contributed by atoms with Crippen molar-refractivity contribution in [1.82, 2.24) is 4.90 Å². The van der Waals surface area contributed by atoms with E-state index in [0.717, 1.165) is 27.2 Å². The molecule has 3 amide bonds. The Kier molecular flexibility index (Phi) is 5.67. The fraction of sp³-hybridized carbons (Fsp3) is 0.233. The summed E-state index contributed by atoms with van der Waals surface area (Å²) in [4.78, 5) is 64.3. The maximum absolute atomic E-state index is 13.5. The Bertz CT molecular complexity index is 1400. The second-order valence-electron chi connectivity index (χ2n) is 9.87. The Morgan fingerprint density at radius 1 is 0.763 bits per heavy atom. The van der Waals surface area contributed by atoms with E-state index in [-0.39, 0.29) is 29.4 Å². The van der Waals surface area contributed by atoms with Gasteiger partial charge in [0.15, 0.2) is 12.4 Å². The van der Waals surface area contributed by atoms with Crippen LogP contribution >= 0.6 is 0 Å². The largest absolute Gasteiger partial charge is 0.454 e. The van der Waals surface area contributed by atoms with Gasteiger partial charge in [0.25, 0.3) is 5.91 Å². The number of ether oxygens (including phenoxy) is 1. The summed E-state index contributed by atoms with van der Waals surface area (Å²) in [7, 11) is 0. The molecule has 1 heterocycles. The van der Waals surface area contributed by atoms with Crippen LogP contribution in [0.5, 0.6) is 0 Å². The Morgan fingerprint density at radius 2 is 1.24 bits per heavy atom. The van der Waals surface area contributed by atoms with Gasteiger partial charge in [0.05, 0.1) is 11.8 Å². The number of nitrogens with zero attached hydrogens (tertiary/aromatic N) is 1. The third-order valence-corrected chi connectivity index (χ3v) is 7.77. The first-order chi connectivity index (χ1) is 18.3. The lowest BCUT2D eigenvalue weighted by molar-refractivity contribution is -0.154. The number of nitrogens with one attached hydrogen (secondary N) is 1. The summed E-state index contributed by atoms with van der Waals surface area (Å²) in [5.74, 6) is -3.94. The van der Waals surface area contributed by atoms with Crippen molar-refractivity contribution in [3.63, 3.8) is 0 Å². The van der Waals surface area contributed by atoms with Crippen molar-refractivity contribution in [2.45, 2.75) is 18.8 Å². The van der Waals surface area contributed by atoms with Gasteiger partial charge in [-0.2, -0.15) is 0 Å². The number of rotatable bonds is 6. The van der Waals surface area contributed by atoms with Crippen LogP contribution in [0, 0.1) is 11.8 Å².